The first-order chi connectivity index (χ1) is 7.67. The van der Waals surface area contributed by atoms with Crippen LogP contribution in [0.25, 0.3) is 0 Å². The third-order valence-electron chi connectivity index (χ3n) is 2.36. The SMILES string of the molecule is CCCC(CC)NCc1nc(C(N)=O)no1. The van der Waals surface area contributed by atoms with Crippen LogP contribution in [0.4, 0.5) is 0 Å². The zero-order chi connectivity index (χ0) is 12.0. The molecule has 1 heterocycles. The third kappa shape index (κ3) is 3.62. The molecule has 0 spiro atoms. The first-order valence-electron chi connectivity index (χ1n) is 5.53. The van der Waals surface area contributed by atoms with Crippen molar-refractivity contribution in [3.05, 3.63) is 11.7 Å². The summed E-state index contributed by atoms with van der Waals surface area (Å²) in [5.74, 6) is -0.348. The Morgan fingerprint density at radius 1 is 1.56 bits per heavy atom. The summed E-state index contributed by atoms with van der Waals surface area (Å²) in [6.45, 7) is 4.73. The molecule has 1 amide bonds. The molecule has 0 bridgehead atoms. The van der Waals surface area contributed by atoms with Crippen molar-refractivity contribution in [3.63, 3.8) is 0 Å². The highest BCUT2D eigenvalue weighted by Crippen LogP contribution is 2.03. The van der Waals surface area contributed by atoms with Gasteiger partial charge in [0.1, 0.15) is 0 Å². The van der Waals surface area contributed by atoms with Crippen molar-refractivity contribution in [2.24, 2.45) is 5.73 Å². The van der Waals surface area contributed by atoms with E-state index in [0.717, 1.165) is 19.3 Å². The zero-order valence-corrected chi connectivity index (χ0v) is 9.69. The van der Waals surface area contributed by atoms with E-state index in [9.17, 15) is 4.79 Å². The molecule has 1 rings (SSSR count). The number of nitrogens with two attached hydrogens (primary N) is 1. The molecule has 0 aliphatic heterocycles. The number of aromatic nitrogens is 2. The van der Waals surface area contributed by atoms with Crippen molar-refractivity contribution in [3.8, 4) is 0 Å². The molecule has 1 aromatic rings. The summed E-state index contributed by atoms with van der Waals surface area (Å²) < 4.78 is 4.87. The molecule has 90 valence electrons. The molecule has 6 heteroatoms. The van der Waals surface area contributed by atoms with Gasteiger partial charge in [0.25, 0.3) is 11.7 Å². The molecule has 0 saturated heterocycles. The Balaban J connectivity index is 2.44. The van der Waals surface area contributed by atoms with Crippen LogP contribution in [0.3, 0.4) is 0 Å². The Kier molecular flexibility index (Phi) is 4.91. The molecule has 1 unspecified atom stereocenters. The van der Waals surface area contributed by atoms with Gasteiger partial charge in [-0.05, 0) is 12.8 Å². The highest BCUT2D eigenvalue weighted by molar-refractivity contribution is 5.88. The molecule has 0 aliphatic rings. The van der Waals surface area contributed by atoms with Crippen LogP contribution in [0, 0.1) is 0 Å². The van der Waals surface area contributed by atoms with Gasteiger partial charge in [0, 0.05) is 6.04 Å². The van der Waals surface area contributed by atoms with Crippen LogP contribution in [0.2, 0.25) is 0 Å². The van der Waals surface area contributed by atoms with Gasteiger partial charge in [0.05, 0.1) is 6.54 Å². The maximum absolute atomic E-state index is 10.7. The second-order valence-corrected chi connectivity index (χ2v) is 3.65. The molecule has 0 aromatic carbocycles. The van der Waals surface area contributed by atoms with E-state index in [-0.39, 0.29) is 5.82 Å². The summed E-state index contributed by atoms with van der Waals surface area (Å²) in [5.41, 5.74) is 5.01. The predicted octanol–water partition coefficient (Wildman–Crippen LogP) is 0.837. The highest BCUT2D eigenvalue weighted by atomic mass is 16.5. The van der Waals surface area contributed by atoms with Gasteiger partial charge in [-0.25, -0.2) is 0 Å². The average Bonchev–Trinajstić information content (AvgIpc) is 2.73. The summed E-state index contributed by atoms with van der Waals surface area (Å²) in [6.07, 6.45) is 3.28. The fourth-order valence-corrected chi connectivity index (χ4v) is 1.46. The lowest BCUT2D eigenvalue weighted by atomic mass is 10.1. The number of carbonyl (C=O) groups is 1. The van der Waals surface area contributed by atoms with Crippen LogP contribution in [-0.2, 0) is 6.54 Å². The topological polar surface area (TPSA) is 94.0 Å². The van der Waals surface area contributed by atoms with Gasteiger partial charge < -0.3 is 15.6 Å². The van der Waals surface area contributed by atoms with E-state index in [2.05, 4.69) is 29.3 Å². The van der Waals surface area contributed by atoms with Crippen molar-refractivity contribution < 1.29 is 9.32 Å². The van der Waals surface area contributed by atoms with Crippen molar-refractivity contribution in [1.29, 1.82) is 0 Å². The van der Waals surface area contributed by atoms with Gasteiger partial charge in [0.15, 0.2) is 0 Å². The van der Waals surface area contributed by atoms with E-state index in [1.807, 2.05) is 0 Å². The number of nitrogens with zero attached hydrogens (tertiary/aromatic N) is 2. The summed E-state index contributed by atoms with van der Waals surface area (Å²) in [5, 5.41) is 6.76. The fraction of sp³-hybridized carbons (Fsp3) is 0.700. The molecule has 0 radical (unpaired) electrons. The Bertz CT molecular complexity index is 337. The van der Waals surface area contributed by atoms with Crippen LogP contribution in [0.5, 0.6) is 0 Å². The van der Waals surface area contributed by atoms with Gasteiger partial charge in [-0.2, -0.15) is 4.98 Å². The molecular weight excluding hydrogens is 208 g/mol. The minimum absolute atomic E-state index is 0.0691. The Labute approximate surface area is 94.6 Å². The lowest BCUT2D eigenvalue weighted by Gasteiger charge is -2.13. The molecule has 1 aromatic heterocycles. The number of hydrogen-bond donors (Lipinski definition) is 2. The van der Waals surface area contributed by atoms with Gasteiger partial charge >= 0.3 is 0 Å². The molecule has 16 heavy (non-hydrogen) atoms. The average molecular weight is 226 g/mol. The molecular formula is C10H18N4O2. The molecule has 6 nitrogen and oxygen atoms in total. The van der Waals surface area contributed by atoms with E-state index < -0.39 is 5.91 Å². The predicted molar refractivity (Wildman–Crippen MR) is 58.6 cm³/mol. The molecule has 0 aliphatic carbocycles. The molecule has 1 atom stereocenters. The monoisotopic (exact) mass is 226 g/mol. The smallest absolute Gasteiger partial charge is 0.290 e. The lowest BCUT2D eigenvalue weighted by molar-refractivity contribution is 0.0987. The van der Waals surface area contributed by atoms with Gasteiger partial charge in [-0.1, -0.05) is 25.4 Å². The maximum Gasteiger partial charge on any atom is 0.290 e. The van der Waals surface area contributed by atoms with E-state index in [4.69, 9.17) is 10.3 Å². The van der Waals surface area contributed by atoms with Gasteiger partial charge in [0.2, 0.25) is 5.89 Å². The van der Waals surface area contributed by atoms with Crippen LogP contribution in [0.1, 0.15) is 49.6 Å². The van der Waals surface area contributed by atoms with E-state index in [1.165, 1.54) is 0 Å². The molecule has 0 fully saturated rings. The standard InChI is InChI=1S/C10H18N4O2/c1-3-5-7(4-2)12-6-8-13-10(9(11)15)14-16-8/h7,12H,3-6H2,1-2H3,(H2,11,15). The minimum atomic E-state index is -0.671. The van der Waals surface area contributed by atoms with Gasteiger partial charge in [-0.3, -0.25) is 4.79 Å². The van der Waals surface area contributed by atoms with E-state index in [0.29, 0.717) is 18.5 Å². The van der Waals surface area contributed by atoms with Crippen molar-refractivity contribution in [2.45, 2.75) is 45.7 Å². The quantitative estimate of drug-likeness (QED) is 0.718. The Hall–Kier alpha value is -1.43. The zero-order valence-electron chi connectivity index (χ0n) is 9.69. The lowest BCUT2D eigenvalue weighted by Crippen LogP contribution is -2.27. The van der Waals surface area contributed by atoms with Crippen molar-refractivity contribution in [1.82, 2.24) is 15.5 Å². The van der Waals surface area contributed by atoms with E-state index in [1.54, 1.807) is 0 Å². The van der Waals surface area contributed by atoms with Crippen LogP contribution < -0.4 is 11.1 Å². The number of carbonyl (C=O) groups excluding carboxylic acids is 1. The van der Waals surface area contributed by atoms with Crippen molar-refractivity contribution in [2.75, 3.05) is 0 Å². The fourth-order valence-electron chi connectivity index (χ4n) is 1.46. The normalized spacial score (nSPS) is 12.6. The van der Waals surface area contributed by atoms with Crippen molar-refractivity contribution >= 4 is 5.91 Å². The first-order valence-corrected chi connectivity index (χ1v) is 5.53. The maximum atomic E-state index is 10.7. The second-order valence-electron chi connectivity index (χ2n) is 3.65. The highest BCUT2D eigenvalue weighted by Gasteiger charge is 2.12. The van der Waals surface area contributed by atoms with E-state index >= 15 is 0 Å². The second kappa shape index (κ2) is 6.22. The number of rotatable bonds is 7. The number of nitrogens with one attached hydrogen (secondary N) is 1. The minimum Gasteiger partial charge on any atom is -0.363 e. The Morgan fingerprint density at radius 3 is 2.81 bits per heavy atom. The van der Waals surface area contributed by atoms with Crippen LogP contribution in [0.15, 0.2) is 4.52 Å². The molecule has 3 N–H and O–H groups in total. The summed E-state index contributed by atoms with van der Waals surface area (Å²) >= 11 is 0. The van der Waals surface area contributed by atoms with Crippen LogP contribution >= 0.6 is 0 Å². The number of amides is 1. The number of hydrogen-bond acceptors (Lipinski definition) is 5. The summed E-state index contributed by atoms with van der Waals surface area (Å²) in [6, 6.07) is 0.439. The Morgan fingerprint density at radius 2 is 2.31 bits per heavy atom. The largest absolute Gasteiger partial charge is 0.363 e. The third-order valence-corrected chi connectivity index (χ3v) is 2.36. The van der Waals surface area contributed by atoms with Crippen LogP contribution in [-0.4, -0.2) is 22.1 Å². The number of primary amides is 1. The molecule has 0 saturated carbocycles. The first kappa shape index (κ1) is 12.6. The summed E-state index contributed by atoms with van der Waals surface area (Å²) in [4.78, 5) is 14.6. The van der Waals surface area contributed by atoms with Gasteiger partial charge in [-0.15, -0.1) is 0 Å². The summed E-state index contributed by atoms with van der Waals surface area (Å²) in [7, 11) is 0.